The van der Waals surface area contributed by atoms with Gasteiger partial charge in [-0.25, -0.2) is 4.68 Å². The molecule has 0 spiro atoms. The number of thiophene rings is 1. The van der Waals surface area contributed by atoms with Crippen LogP contribution in [0.4, 0.5) is 0 Å². The molecule has 6 nitrogen and oxygen atoms in total. The zero-order valence-corrected chi connectivity index (χ0v) is 13.9. The first-order valence-electron chi connectivity index (χ1n) is 6.46. The number of halogens is 1. The second kappa shape index (κ2) is 7.46. The van der Waals surface area contributed by atoms with Gasteiger partial charge in [-0.2, -0.15) is 0 Å². The fraction of sp³-hybridized carbons (Fsp3) is 0.385. The Kier molecular flexibility index (Phi) is 5.63. The van der Waals surface area contributed by atoms with Crippen LogP contribution in [0.3, 0.4) is 0 Å². The lowest BCUT2D eigenvalue weighted by molar-refractivity contribution is -0.121. The molecule has 2 aromatic rings. The molecule has 0 saturated heterocycles. The van der Waals surface area contributed by atoms with Crippen LogP contribution < -0.4 is 5.32 Å². The summed E-state index contributed by atoms with van der Waals surface area (Å²) < 4.78 is 2.29. The van der Waals surface area contributed by atoms with E-state index in [0.29, 0.717) is 22.6 Å². The zero-order chi connectivity index (χ0) is 15.2. The average Bonchev–Trinajstić information content (AvgIpc) is 3.05. The first-order valence-corrected chi connectivity index (χ1v) is 8.07. The van der Waals surface area contributed by atoms with E-state index in [2.05, 4.69) is 31.6 Å². The second-order valence-corrected chi connectivity index (χ2v) is 6.59. The molecule has 1 N–H and O–H groups in total. The number of hydrogen-bond donors (Lipinski definition) is 1. The van der Waals surface area contributed by atoms with Crippen LogP contribution >= 0.6 is 27.3 Å². The van der Waals surface area contributed by atoms with Gasteiger partial charge in [-0.15, -0.1) is 16.4 Å². The van der Waals surface area contributed by atoms with Gasteiger partial charge in [0.25, 0.3) is 0 Å². The Balaban J connectivity index is 1.66. The number of nitrogens with zero attached hydrogens (tertiary/aromatic N) is 3. The smallest absolute Gasteiger partial charge is 0.220 e. The standard InChI is InChI=1S/C13H15BrN4O2S/c1-9-2-4-11(21-9)10(19)3-5-13(20)15-6-7-18-8-12(14)16-17-18/h2,4,8H,3,5-7H2,1H3,(H,15,20). The van der Waals surface area contributed by atoms with Gasteiger partial charge in [0.1, 0.15) is 4.60 Å². The van der Waals surface area contributed by atoms with Crippen LogP contribution in [0.2, 0.25) is 0 Å². The maximum atomic E-state index is 11.9. The van der Waals surface area contributed by atoms with Gasteiger partial charge in [0, 0.05) is 24.3 Å². The lowest BCUT2D eigenvalue weighted by Crippen LogP contribution is -2.27. The Morgan fingerprint density at radius 2 is 2.19 bits per heavy atom. The van der Waals surface area contributed by atoms with E-state index in [1.54, 1.807) is 10.9 Å². The number of ketones is 1. The lowest BCUT2D eigenvalue weighted by atomic mass is 10.2. The third-order valence-corrected chi connectivity index (χ3v) is 4.17. The Morgan fingerprint density at radius 3 is 2.81 bits per heavy atom. The molecule has 0 aliphatic heterocycles. The van der Waals surface area contributed by atoms with E-state index in [-0.39, 0.29) is 24.5 Å². The van der Waals surface area contributed by atoms with Crippen molar-refractivity contribution >= 4 is 39.0 Å². The summed E-state index contributed by atoms with van der Waals surface area (Å²) in [6.07, 6.45) is 2.17. The third-order valence-electron chi connectivity index (χ3n) is 2.77. The van der Waals surface area contributed by atoms with Gasteiger partial charge in [-0.1, -0.05) is 5.21 Å². The molecular weight excluding hydrogens is 356 g/mol. The molecule has 0 aromatic carbocycles. The van der Waals surface area contributed by atoms with Crippen LogP contribution in [0, 0.1) is 6.92 Å². The van der Waals surface area contributed by atoms with Crippen molar-refractivity contribution in [1.82, 2.24) is 20.3 Å². The van der Waals surface area contributed by atoms with E-state index in [9.17, 15) is 9.59 Å². The van der Waals surface area contributed by atoms with Gasteiger partial charge >= 0.3 is 0 Å². The van der Waals surface area contributed by atoms with Crippen LogP contribution in [0.15, 0.2) is 22.9 Å². The molecule has 0 fully saturated rings. The summed E-state index contributed by atoms with van der Waals surface area (Å²) in [6.45, 7) is 2.96. The summed E-state index contributed by atoms with van der Waals surface area (Å²) in [5.74, 6) is -0.112. The number of aryl methyl sites for hydroxylation is 1. The summed E-state index contributed by atoms with van der Waals surface area (Å²) in [6, 6.07) is 3.72. The Labute approximate surface area is 134 Å². The van der Waals surface area contributed by atoms with Crippen molar-refractivity contribution in [3.63, 3.8) is 0 Å². The summed E-state index contributed by atoms with van der Waals surface area (Å²) >= 11 is 4.66. The molecular formula is C13H15BrN4O2S. The summed E-state index contributed by atoms with van der Waals surface area (Å²) in [5.41, 5.74) is 0. The monoisotopic (exact) mass is 370 g/mol. The molecule has 0 unspecified atom stereocenters. The molecule has 0 atom stereocenters. The molecule has 0 aliphatic rings. The van der Waals surface area contributed by atoms with Crippen LogP contribution in [-0.4, -0.2) is 33.2 Å². The zero-order valence-electron chi connectivity index (χ0n) is 11.5. The summed E-state index contributed by atoms with van der Waals surface area (Å²) in [5, 5.41) is 10.4. The minimum absolute atomic E-state index is 0.0171. The average molecular weight is 371 g/mol. The van der Waals surface area contributed by atoms with Crippen molar-refractivity contribution in [2.24, 2.45) is 0 Å². The predicted molar refractivity (Wildman–Crippen MR) is 83.4 cm³/mol. The normalized spacial score (nSPS) is 10.6. The van der Waals surface area contributed by atoms with E-state index in [0.717, 1.165) is 4.88 Å². The van der Waals surface area contributed by atoms with Crippen LogP contribution in [-0.2, 0) is 11.3 Å². The molecule has 0 radical (unpaired) electrons. The largest absolute Gasteiger partial charge is 0.354 e. The van der Waals surface area contributed by atoms with E-state index < -0.39 is 0 Å². The molecule has 2 rings (SSSR count). The number of amides is 1. The van der Waals surface area contributed by atoms with E-state index >= 15 is 0 Å². The molecule has 21 heavy (non-hydrogen) atoms. The highest BCUT2D eigenvalue weighted by atomic mass is 79.9. The number of aromatic nitrogens is 3. The van der Waals surface area contributed by atoms with Crippen LogP contribution in [0.1, 0.15) is 27.4 Å². The molecule has 0 saturated carbocycles. The Bertz CT molecular complexity index is 638. The van der Waals surface area contributed by atoms with E-state index in [4.69, 9.17) is 0 Å². The van der Waals surface area contributed by atoms with Gasteiger partial charge in [-0.3, -0.25) is 9.59 Å². The highest BCUT2D eigenvalue weighted by Gasteiger charge is 2.10. The van der Waals surface area contributed by atoms with Crippen molar-refractivity contribution in [2.45, 2.75) is 26.3 Å². The molecule has 2 heterocycles. The number of carbonyl (C=O) groups excluding carboxylic acids is 2. The van der Waals surface area contributed by atoms with Crippen molar-refractivity contribution < 1.29 is 9.59 Å². The van der Waals surface area contributed by atoms with Crippen molar-refractivity contribution in [3.8, 4) is 0 Å². The summed E-state index contributed by atoms with van der Waals surface area (Å²) in [4.78, 5) is 25.3. The Hall–Kier alpha value is -1.54. The number of Topliss-reactive ketones (excluding diaryl/α,β-unsaturated/α-hetero) is 1. The lowest BCUT2D eigenvalue weighted by Gasteiger charge is -2.04. The number of hydrogen-bond acceptors (Lipinski definition) is 5. The quantitative estimate of drug-likeness (QED) is 0.757. The van der Waals surface area contributed by atoms with Gasteiger partial charge in [0.05, 0.1) is 17.6 Å². The van der Waals surface area contributed by atoms with Gasteiger partial charge in [0.15, 0.2) is 5.78 Å². The van der Waals surface area contributed by atoms with Crippen LogP contribution in [0.5, 0.6) is 0 Å². The predicted octanol–water partition coefficient (Wildman–Crippen LogP) is 2.19. The minimum atomic E-state index is -0.129. The number of rotatable bonds is 7. The van der Waals surface area contributed by atoms with Crippen LogP contribution in [0.25, 0.3) is 0 Å². The highest BCUT2D eigenvalue weighted by Crippen LogP contribution is 2.17. The van der Waals surface area contributed by atoms with Crippen molar-refractivity contribution in [1.29, 1.82) is 0 Å². The van der Waals surface area contributed by atoms with Gasteiger partial charge in [-0.05, 0) is 35.0 Å². The second-order valence-electron chi connectivity index (χ2n) is 4.49. The maximum Gasteiger partial charge on any atom is 0.220 e. The minimum Gasteiger partial charge on any atom is -0.354 e. The first-order chi connectivity index (χ1) is 10.0. The van der Waals surface area contributed by atoms with Gasteiger partial charge < -0.3 is 5.32 Å². The van der Waals surface area contributed by atoms with Crippen molar-refractivity contribution in [2.75, 3.05) is 6.54 Å². The molecule has 2 aromatic heterocycles. The van der Waals surface area contributed by atoms with Crippen molar-refractivity contribution in [3.05, 3.63) is 32.7 Å². The SMILES string of the molecule is Cc1ccc(C(=O)CCC(=O)NCCn2cc(Br)nn2)s1. The van der Waals surface area contributed by atoms with E-state index in [1.165, 1.54) is 11.3 Å². The molecule has 0 aliphatic carbocycles. The first kappa shape index (κ1) is 15.8. The fourth-order valence-electron chi connectivity index (χ4n) is 1.72. The molecule has 1 amide bonds. The molecule has 0 bridgehead atoms. The van der Waals surface area contributed by atoms with E-state index in [1.807, 2.05) is 19.1 Å². The number of carbonyl (C=O) groups is 2. The maximum absolute atomic E-state index is 11.9. The molecule has 112 valence electrons. The topological polar surface area (TPSA) is 76.9 Å². The van der Waals surface area contributed by atoms with Gasteiger partial charge in [0.2, 0.25) is 5.91 Å². The fourth-order valence-corrected chi connectivity index (χ4v) is 2.86. The molecule has 8 heteroatoms. The number of nitrogens with one attached hydrogen (secondary N) is 1. The highest BCUT2D eigenvalue weighted by molar-refractivity contribution is 9.10. The third kappa shape index (κ3) is 5.05. The summed E-state index contributed by atoms with van der Waals surface area (Å²) in [7, 11) is 0. The Morgan fingerprint density at radius 1 is 1.38 bits per heavy atom.